The molecule has 2 aliphatic heterocycles. The molecule has 0 saturated carbocycles. The molecule has 2 nitrogen and oxygen atoms in total. The minimum Gasteiger partial charge on any atom is -0.283 e. The Morgan fingerprint density at radius 3 is 2.12 bits per heavy atom. The Balaban J connectivity index is 2.12. The SMILES string of the molecule is CC1C2NC(C)(C)N12. The second-order valence-corrected chi connectivity index (χ2v) is 3.30. The highest BCUT2D eigenvalue weighted by Gasteiger charge is 2.62. The van der Waals surface area contributed by atoms with E-state index in [2.05, 4.69) is 31.0 Å². The molecule has 0 amide bonds. The third-order valence-electron chi connectivity index (χ3n) is 2.25. The van der Waals surface area contributed by atoms with E-state index in [1.807, 2.05) is 0 Å². The molecule has 0 aliphatic carbocycles. The number of hydrogen-bond donors (Lipinski definition) is 1. The quantitative estimate of drug-likeness (QED) is 0.455. The third kappa shape index (κ3) is 0.327. The summed E-state index contributed by atoms with van der Waals surface area (Å²) in [7, 11) is 0. The van der Waals surface area contributed by atoms with Crippen LogP contribution in [0.3, 0.4) is 0 Å². The molecule has 3 atom stereocenters. The fourth-order valence-corrected chi connectivity index (χ4v) is 1.77. The first-order valence-electron chi connectivity index (χ1n) is 3.19. The van der Waals surface area contributed by atoms with Gasteiger partial charge in [-0.1, -0.05) is 0 Å². The van der Waals surface area contributed by atoms with Gasteiger partial charge in [0.15, 0.2) is 0 Å². The van der Waals surface area contributed by atoms with Gasteiger partial charge >= 0.3 is 0 Å². The number of hydrogen-bond acceptors (Lipinski definition) is 2. The van der Waals surface area contributed by atoms with E-state index in [1.165, 1.54) is 0 Å². The first-order valence-corrected chi connectivity index (χ1v) is 3.19. The summed E-state index contributed by atoms with van der Waals surface area (Å²) in [5.74, 6) is 0. The van der Waals surface area contributed by atoms with Gasteiger partial charge in [-0.3, -0.25) is 10.2 Å². The normalized spacial score (nSPS) is 56.6. The Kier molecular flexibility index (Phi) is 0.570. The molecular weight excluding hydrogens is 100 g/mol. The molecule has 0 bridgehead atoms. The summed E-state index contributed by atoms with van der Waals surface area (Å²) in [4.78, 5) is 2.47. The van der Waals surface area contributed by atoms with Crippen LogP contribution in [-0.4, -0.2) is 22.8 Å². The van der Waals surface area contributed by atoms with Crippen molar-refractivity contribution >= 4 is 0 Å². The predicted octanol–water partition coefficient (Wildman–Crippen LogP) is 0.356. The van der Waals surface area contributed by atoms with Gasteiger partial charge in [0.05, 0.1) is 11.8 Å². The van der Waals surface area contributed by atoms with Crippen LogP contribution in [0.25, 0.3) is 0 Å². The Labute approximate surface area is 49.9 Å². The highest BCUT2D eigenvalue weighted by molar-refractivity contribution is 5.14. The number of fused-ring (bicyclic) bond motifs is 1. The Morgan fingerprint density at radius 1 is 1.50 bits per heavy atom. The standard InChI is InChI=1S/C6H12N2/c1-4-5-7-6(2,3)8(4)5/h4-5,7H,1-3H3. The average molecular weight is 112 g/mol. The van der Waals surface area contributed by atoms with Crippen molar-refractivity contribution in [2.45, 2.75) is 38.6 Å². The van der Waals surface area contributed by atoms with E-state index in [0.717, 1.165) is 12.2 Å². The Hall–Kier alpha value is -0.0800. The number of nitrogens with zero attached hydrogens (tertiary/aromatic N) is 1. The van der Waals surface area contributed by atoms with Gasteiger partial charge in [0.2, 0.25) is 0 Å². The predicted molar refractivity (Wildman–Crippen MR) is 32.3 cm³/mol. The maximum atomic E-state index is 3.43. The smallest absolute Gasteiger partial charge is 0.0788 e. The third-order valence-corrected chi connectivity index (χ3v) is 2.25. The zero-order valence-electron chi connectivity index (χ0n) is 5.60. The zero-order chi connectivity index (χ0) is 5.94. The van der Waals surface area contributed by atoms with Crippen LogP contribution < -0.4 is 5.32 Å². The molecule has 2 fully saturated rings. The molecule has 0 radical (unpaired) electrons. The van der Waals surface area contributed by atoms with Gasteiger partial charge in [-0.15, -0.1) is 0 Å². The molecule has 0 aromatic carbocycles. The van der Waals surface area contributed by atoms with Crippen LogP contribution in [0, 0.1) is 0 Å². The summed E-state index contributed by atoms with van der Waals surface area (Å²) >= 11 is 0. The van der Waals surface area contributed by atoms with E-state index in [9.17, 15) is 0 Å². The van der Waals surface area contributed by atoms with E-state index in [-0.39, 0.29) is 0 Å². The second kappa shape index (κ2) is 0.957. The van der Waals surface area contributed by atoms with Crippen LogP contribution in [0.4, 0.5) is 0 Å². The van der Waals surface area contributed by atoms with Gasteiger partial charge in [-0.2, -0.15) is 0 Å². The number of nitrogens with one attached hydrogen (secondary N) is 1. The zero-order valence-corrected chi connectivity index (χ0v) is 5.60. The fraction of sp³-hybridized carbons (Fsp3) is 1.00. The molecule has 0 aromatic rings. The monoisotopic (exact) mass is 112 g/mol. The van der Waals surface area contributed by atoms with E-state index < -0.39 is 0 Å². The topological polar surface area (TPSA) is 15.0 Å². The van der Waals surface area contributed by atoms with Crippen molar-refractivity contribution in [2.24, 2.45) is 0 Å². The van der Waals surface area contributed by atoms with Crippen LogP contribution in [0.1, 0.15) is 20.8 Å². The molecule has 2 saturated heterocycles. The molecule has 8 heavy (non-hydrogen) atoms. The van der Waals surface area contributed by atoms with Crippen LogP contribution >= 0.6 is 0 Å². The van der Waals surface area contributed by atoms with Crippen molar-refractivity contribution < 1.29 is 0 Å². The summed E-state index contributed by atoms with van der Waals surface area (Å²) in [6.07, 6.45) is 0.727. The molecule has 2 rings (SSSR count). The molecule has 2 aliphatic rings. The Bertz CT molecular complexity index is 126. The minimum atomic E-state index is 0.310. The van der Waals surface area contributed by atoms with Crippen molar-refractivity contribution in [1.82, 2.24) is 10.2 Å². The van der Waals surface area contributed by atoms with E-state index >= 15 is 0 Å². The summed E-state index contributed by atoms with van der Waals surface area (Å²) in [6, 6.07) is 0.796. The first kappa shape index (κ1) is 4.77. The maximum Gasteiger partial charge on any atom is 0.0788 e. The molecule has 1 N–H and O–H groups in total. The van der Waals surface area contributed by atoms with Crippen LogP contribution in [-0.2, 0) is 0 Å². The summed E-state index contributed by atoms with van der Waals surface area (Å²) in [5, 5.41) is 3.43. The lowest BCUT2D eigenvalue weighted by Crippen LogP contribution is -2.59. The fourth-order valence-electron chi connectivity index (χ4n) is 1.77. The van der Waals surface area contributed by atoms with Crippen molar-refractivity contribution in [2.75, 3.05) is 0 Å². The number of rotatable bonds is 0. The van der Waals surface area contributed by atoms with E-state index in [1.54, 1.807) is 0 Å². The molecule has 46 valence electrons. The summed E-state index contributed by atoms with van der Waals surface area (Å²) in [6.45, 7) is 6.69. The lowest BCUT2D eigenvalue weighted by molar-refractivity contribution is 0.0944. The molecule has 3 unspecified atom stereocenters. The first-order chi connectivity index (χ1) is 3.63. The minimum absolute atomic E-state index is 0.310. The molecule has 0 spiro atoms. The highest BCUT2D eigenvalue weighted by Crippen LogP contribution is 2.43. The van der Waals surface area contributed by atoms with Crippen LogP contribution in [0.15, 0.2) is 0 Å². The largest absolute Gasteiger partial charge is 0.283 e. The molecule has 0 aromatic heterocycles. The van der Waals surface area contributed by atoms with Gasteiger partial charge in [-0.25, -0.2) is 0 Å². The van der Waals surface area contributed by atoms with E-state index in [0.29, 0.717) is 5.66 Å². The Morgan fingerprint density at radius 2 is 2.12 bits per heavy atom. The van der Waals surface area contributed by atoms with Gasteiger partial charge in [0.1, 0.15) is 0 Å². The van der Waals surface area contributed by atoms with Crippen molar-refractivity contribution in [3.8, 4) is 0 Å². The average Bonchev–Trinajstić information content (AvgIpc) is 2.09. The van der Waals surface area contributed by atoms with E-state index in [4.69, 9.17) is 0 Å². The molecule has 2 heterocycles. The second-order valence-electron chi connectivity index (χ2n) is 3.30. The molecular formula is C6H12N2. The van der Waals surface area contributed by atoms with Crippen molar-refractivity contribution in [3.63, 3.8) is 0 Å². The van der Waals surface area contributed by atoms with Gasteiger partial charge < -0.3 is 0 Å². The lowest BCUT2D eigenvalue weighted by atomic mass is 10.2. The van der Waals surface area contributed by atoms with Crippen LogP contribution in [0.2, 0.25) is 0 Å². The van der Waals surface area contributed by atoms with Crippen molar-refractivity contribution in [3.05, 3.63) is 0 Å². The van der Waals surface area contributed by atoms with Gasteiger partial charge in [-0.05, 0) is 20.8 Å². The van der Waals surface area contributed by atoms with Crippen LogP contribution in [0.5, 0.6) is 0 Å². The highest BCUT2D eigenvalue weighted by atomic mass is 15.6. The summed E-state index contributed by atoms with van der Waals surface area (Å²) < 4.78 is 0. The van der Waals surface area contributed by atoms with Gasteiger partial charge in [0.25, 0.3) is 0 Å². The van der Waals surface area contributed by atoms with Gasteiger partial charge in [0, 0.05) is 6.04 Å². The molecule has 2 heteroatoms. The summed E-state index contributed by atoms with van der Waals surface area (Å²) in [5.41, 5.74) is 0.310. The van der Waals surface area contributed by atoms with Crippen molar-refractivity contribution in [1.29, 1.82) is 0 Å². The lowest BCUT2D eigenvalue weighted by Gasteiger charge is -2.37. The maximum absolute atomic E-state index is 3.43.